The Morgan fingerprint density at radius 3 is 2.42 bits per heavy atom. The van der Waals surface area contributed by atoms with Crippen LogP contribution in [0.15, 0.2) is 30.5 Å². The predicted molar refractivity (Wildman–Crippen MR) is 163 cm³/mol. The highest BCUT2D eigenvalue weighted by Gasteiger charge is 2.25. The third-order valence-electron chi connectivity index (χ3n) is 7.31. The van der Waals surface area contributed by atoms with Gasteiger partial charge in [0.2, 0.25) is 5.95 Å². The molecule has 5 rings (SSSR count). The van der Waals surface area contributed by atoms with Crippen LogP contribution in [-0.4, -0.2) is 55.3 Å². The Hall–Kier alpha value is -4.35. The molecule has 0 bridgehead atoms. The van der Waals surface area contributed by atoms with E-state index in [4.69, 9.17) is 4.74 Å². The first-order valence-corrected chi connectivity index (χ1v) is 14.5. The summed E-state index contributed by atoms with van der Waals surface area (Å²) >= 11 is 0. The first kappa shape index (κ1) is 30.1. The highest BCUT2D eigenvalue weighted by atomic mass is 19.1. The molecule has 2 N–H and O–H groups in total. The Morgan fingerprint density at radius 2 is 1.77 bits per heavy atom. The number of hydrogen-bond donors (Lipinski definition) is 2. The van der Waals surface area contributed by atoms with Crippen LogP contribution >= 0.6 is 0 Å². The third-order valence-corrected chi connectivity index (χ3v) is 7.31. The van der Waals surface area contributed by atoms with Gasteiger partial charge in [-0.3, -0.25) is 0 Å². The molecule has 1 aliphatic rings. The van der Waals surface area contributed by atoms with Crippen LogP contribution in [-0.2, 0) is 4.74 Å². The maximum atomic E-state index is 15.0. The van der Waals surface area contributed by atoms with Gasteiger partial charge in [-0.05, 0) is 85.6 Å². The number of carbonyl (C=O) groups excluding carboxylic acids is 1. The van der Waals surface area contributed by atoms with Crippen LogP contribution < -0.4 is 15.5 Å². The Balaban J connectivity index is 1.30. The number of alkyl carbamates (subject to hydrolysis) is 1. The number of fused-ring (bicyclic) bond motifs is 1. The second-order valence-electron chi connectivity index (χ2n) is 12.2. The number of carbonyl (C=O) groups is 1. The molecule has 0 saturated carbocycles. The van der Waals surface area contributed by atoms with Crippen LogP contribution in [0.3, 0.4) is 0 Å². The van der Waals surface area contributed by atoms with Crippen molar-refractivity contribution in [2.45, 2.75) is 79.0 Å². The average Bonchev–Trinajstić information content (AvgIpc) is 3.26. The van der Waals surface area contributed by atoms with Crippen molar-refractivity contribution in [2.24, 2.45) is 0 Å². The van der Waals surface area contributed by atoms with E-state index in [9.17, 15) is 9.18 Å². The van der Waals surface area contributed by atoms with Crippen LogP contribution in [0.25, 0.3) is 22.3 Å². The van der Waals surface area contributed by atoms with E-state index >= 15 is 4.39 Å². The number of halogens is 2. The summed E-state index contributed by atoms with van der Waals surface area (Å²) < 4.78 is 37.3. The molecule has 1 amide bonds. The normalized spacial score (nSPS) is 14.4. The number of hydrogen-bond acceptors (Lipinski definition) is 8. The van der Waals surface area contributed by atoms with E-state index < -0.39 is 23.3 Å². The summed E-state index contributed by atoms with van der Waals surface area (Å²) in [7, 11) is 0. The number of benzene rings is 1. The van der Waals surface area contributed by atoms with Gasteiger partial charge in [0.25, 0.3) is 0 Å². The largest absolute Gasteiger partial charge is 0.444 e. The van der Waals surface area contributed by atoms with Crippen LogP contribution in [0.4, 0.5) is 31.0 Å². The van der Waals surface area contributed by atoms with E-state index in [1.165, 1.54) is 6.07 Å². The lowest BCUT2D eigenvalue weighted by atomic mass is 10.0. The van der Waals surface area contributed by atoms with E-state index in [1.54, 1.807) is 6.07 Å². The van der Waals surface area contributed by atoms with Crippen molar-refractivity contribution in [3.63, 3.8) is 0 Å². The van der Waals surface area contributed by atoms with Crippen molar-refractivity contribution in [2.75, 3.05) is 23.3 Å². The summed E-state index contributed by atoms with van der Waals surface area (Å²) in [6.45, 7) is 14.8. The molecule has 1 aliphatic heterocycles. The Kier molecular flexibility index (Phi) is 8.22. The molecule has 0 radical (unpaired) electrons. The monoisotopic (exact) mass is 592 g/mol. The van der Waals surface area contributed by atoms with Crippen molar-refractivity contribution in [3.05, 3.63) is 53.6 Å². The number of aromatic nitrogens is 5. The Bertz CT molecular complexity index is 1660. The van der Waals surface area contributed by atoms with Crippen molar-refractivity contribution < 1.29 is 18.3 Å². The minimum atomic E-state index is -0.666. The van der Waals surface area contributed by atoms with Crippen molar-refractivity contribution in [1.82, 2.24) is 29.8 Å². The zero-order valence-corrected chi connectivity index (χ0v) is 25.6. The standard InChI is InChI=1S/C31H38F2N8O2/c1-17(2)41-19(4)36-28-22(32)14-20(15-25(28)41)27-23(33)16-34-29(39-27)38-26-9-8-24(18(3)35-26)40-12-10-21(11-13-40)37-30(42)43-31(5,6)7/h8-9,14-17,21H,10-13H2,1-7H3,(H,37,42)(H,34,35,38,39). The van der Waals surface area contributed by atoms with Gasteiger partial charge in [-0.25, -0.2) is 33.5 Å². The molecule has 1 aromatic carbocycles. The number of piperidine rings is 1. The highest BCUT2D eigenvalue weighted by Crippen LogP contribution is 2.31. The number of amides is 1. The van der Waals surface area contributed by atoms with Crippen LogP contribution in [0, 0.1) is 25.5 Å². The fourth-order valence-corrected chi connectivity index (χ4v) is 5.50. The van der Waals surface area contributed by atoms with E-state index in [0.717, 1.165) is 43.5 Å². The van der Waals surface area contributed by atoms with Gasteiger partial charge in [-0.15, -0.1) is 0 Å². The summed E-state index contributed by atoms with van der Waals surface area (Å²) in [5.41, 5.74) is 2.34. The molecule has 4 aromatic rings. The number of pyridine rings is 1. The van der Waals surface area contributed by atoms with E-state index in [2.05, 4.69) is 35.5 Å². The van der Waals surface area contributed by atoms with Gasteiger partial charge in [0.1, 0.15) is 28.5 Å². The lowest BCUT2D eigenvalue weighted by Gasteiger charge is -2.34. The molecule has 0 aliphatic carbocycles. The number of anilines is 3. The highest BCUT2D eigenvalue weighted by molar-refractivity contribution is 5.83. The quantitative estimate of drug-likeness (QED) is 0.258. The molecule has 0 atom stereocenters. The van der Waals surface area contributed by atoms with Gasteiger partial charge in [0.15, 0.2) is 11.6 Å². The third kappa shape index (κ3) is 6.68. The van der Waals surface area contributed by atoms with Gasteiger partial charge in [-0.2, -0.15) is 0 Å². The zero-order valence-electron chi connectivity index (χ0n) is 25.6. The smallest absolute Gasteiger partial charge is 0.407 e. The topological polar surface area (TPSA) is 110 Å². The van der Waals surface area contributed by atoms with Crippen LogP contribution in [0.5, 0.6) is 0 Å². The number of imidazole rings is 1. The average molecular weight is 593 g/mol. The van der Waals surface area contributed by atoms with E-state index in [0.29, 0.717) is 22.7 Å². The van der Waals surface area contributed by atoms with Crippen LogP contribution in [0.2, 0.25) is 0 Å². The van der Waals surface area contributed by atoms with Gasteiger partial charge in [0.05, 0.1) is 23.1 Å². The SMILES string of the molecule is Cc1nc(Nc2ncc(F)c(-c3cc(F)c4nc(C)n(C(C)C)c4c3)n2)ccc1N1CCC(NC(=O)OC(C)(C)C)CC1. The Morgan fingerprint density at radius 1 is 1.05 bits per heavy atom. The first-order valence-electron chi connectivity index (χ1n) is 14.5. The van der Waals surface area contributed by atoms with Gasteiger partial charge in [-0.1, -0.05) is 0 Å². The molecule has 1 fully saturated rings. The molecule has 1 saturated heterocycles. The molecule has 4 heterocycles. The van der Waals surface area contributed by atoms with Crippen molar-refractivity contribution in [3.8, 4) is 11.3 Å². The molecule has 10 nitrogen and oxygen atoms in total. The number of nitrogens with one attached hydrogen (secondary N) is 2. The zero-order chi connectivity index (χ0) is 31.1. The molecule has 228 valence electrons. The lowest BCUT2D eigenvalue weighted by Crippen LogP contribution is -2.46. The molecular weight excluding hydrogens is 554 g/mol. The van der Waals surface area contributed by atoms with Crippen molar-refractivity contribution in [1.29, 1.82) is 0 Å². The Labute approximate surface area is 249 Å². The number of rotatable bonds is 6. The fourth-order valence-electron chi connectivity index (χ4n) is 5.50. The van der Waals surface area contributed by atoms with Crippen LogP contribution in [0.1, 0.15) is 65.0 Å². The summed E-state index contributed by atoms with van der Waals surface area (Å²) in [6.07, 6.45) is 2.24. The maximum Gasteiger partial charge on any atom is 0.407 e. The first-order chi connectivity index (χ1) is 20.3. The second kappa shape index (κ2) is 11.7. The molecule has 3 aromatic heterocycles. The summed E-state index contributed by atoms with van der Waals surface area (Å²) in [5.74, 6) is 0.105. The van der Waals surface area contributed by atoms with Gasteiger partial charge < -0.3 is 24.8 Å². The van der Waals surface area contributed by atoms with Gasteiger partial charge in [0, 0.05) is 30.7 Å². The molecule has 43 heavy (non-hydrogen) atoms. The maximum absolute atomic E-state index is 15.0. The van der Waals surface area contributed by atoms with Crippen molar-refractivity contribution >= 4 is 34.6 Å². The minimum absolute atomic E-state index is 0.0244. The lowest BCUT2D eigenvalue weighted by molar-refractivity contribution is 0.0497. The number of aryl methyl sites for hydroxylation is 2. The number of nitrogens with zero attached hydrogens (tertiary/aromatic N) is 6. The number of ether oxygens (including phenoxy) is 1. The fraction of sp³-hybridized carbons (Fsp3) is 0.452. The second-order valence-corrected chi connectivity index (χ2v) is 12.2. The molecular formula is C31H38F2N8O2. The summed E-state index contributed by atoms with van der Waals surface area (Å²) in [6, 6.07) is 6.83. The summed E-state index contributed by atoms with van der Waals surface area (Å²) in [4.78, 5) is 31.9. The van der Waals surface area contributed by atoms with Gasteiger partial charge >= 0.3 is 6.09 Å². The minimum Gasteiger partial charge on any atom is -0.444 e. The van der Waals surface area contributed by atoms with E-state index in [1.807, 2.05) is 65.2 Å². The molecule has 0 spiro atoms. The predicted octanol–water partition coefficient (Wildman–Crippen LogP) is 6.60. The molecule has 12 heteroatoms. The van der Waals surface area contributed by atoms with E-state index in [-0.39, 0.29) is 29.2 Å². The molecule has 0 unspecified atom stereocenters. The summed E-state index contributed by atoms with van der Waals surface area (Å²) in [5, 5.41) is 6.01.